The van der Waals surface area contributed by atoms with Crippen LogP contribution in [-0.2, 0) is 24.1 Å². The number of urea groups is 1. The van der Waals surface area contributed by atoms with Crippen LogP contribution in [0.1, 0.15) is 23.1 Å². The van der Waals surface area contributed by atoms with Crippen molar-refractivity contribution in [2.45, 2.75) is 25.8 Å². The van der Waals surface area contributed by atoms with Gasteiger partial charge in [-0.15, -0.1) is 0 Å². The normalized spacial score (nSPS) is 14.8. The van der Waals surface area contributed by atoms with E-state index < -0.39 is 0 Å². The van der Waals surface area contributed by atoms with Crippen molar-refractivity contribution in [1.82, 2.24) is 10.6 Å². The zero-order valence-electron chi connectivity index (χ0n) is 12.9. The summed E-state index contributed by atoms with van der Waals surface area (Å²) in [5.41, 5.74) is 3.41. The molecule has 2 aliphatic heterocycles. The molecule has 0 unspecified atom stereocenters. The minimum atomic E-state index is -0.167. The Morgan fingerprint density at radius 3 is 3.00 bits per heavy atom. The van der Waals surface area contributed by atoms with Gasteiger partial charge in [-0.25, -0.2) is 4.79 Å². The quantitative estimate of drug-likeness (QED) is 0.779. The molecule has 1 aromatic carbocycles. The smallest absolute Gasteiger partial charge is 0.315 e. The van der Waals surface area contributed by atoms with Crippen LogP contribution in [0, 0.1) is 0 Å². The second kappa shape index (κ2) is 6.87. The topological polar surface area (TPSA) is 68.8 Å². The number of hydrogen-bond acceptors (Lipinski definition) is 4. The molecule has 0 fully saturated rings. The number of benzene rings is 1. The van der Waals surface area contributed by atoms with E-state index in [9.17, 15) is 4.79 Å². The fourth-order valence-electron chi connectivity index (χ4n) is 2.92. The molecule has 0 bridgehead atoms. The molecule has 2 heterocycles. The van der Waals surface area contributed by atoms with Crippen molar-refractivity contribution < 1.29 is 19.0 Å². The number of carbonyl (C=O) groups is 1. The minimum absolute atomic E-state index is 0.167. The van der Waals surface area contributed by atoms with Crippen LogP contribution in [0.2, 0.25) is 0 Å². The van der Waals surface area contributed by atoms with Crippen molar-refractivity contribution >= 4 is 6.03 Å². The Balaban J connectivity index is 1.62. The molecule has 2 aliphatic rings. The van der Waals surface area contributed by atoms with E-state index >= 15 is 0 Å². The van der Waals surface area contributed by atoms with Crippen LogP contribution in [0.3, 0.4) is 0 Å². The van der Waals surface area contributed by atoms with E-state index in [4.69, 9.17) is 14.2 Å². The highest BCUT2D eigenvalue weighted by molar-refractivity contribution is 5.74. The summed E-state index contributed by atoms with van der Waals surface area (Å²) in [4.78, 5) is 11.8. The van der Waals surface area contributed by atoms with Gasteiger partial charge in [0.05, 0.1) is 13.2 Å². The molecule has 22 heavy (non-hydrogen) atoms. The first kappa shape index (κ1) is 15.0. The van der Waals surface area contributed by atoms with Gasteiger partial charge in [-0.2, -0.15) is 0 Å². The standard InChI is InChI=1S/C16H22N2O4/c1-20-6-2-5-17-16(19)18-10-13-12-4-8-21-14(12)9-11-3-7-22-15(11)13/h9H,2-8,10H2,1H3,(H2,17,18,19). The number of ether oxygens (including phenoxy) is 3. The Kier molecular flexibility index (Phi) is 4.68. The summed E-state index contributed by atoms with van der Waals surface area (Å²) < 4.78 is 16.4. The monoisotopic (exact) mass is 306 g/mol. The van der Waals surface area contributed by atoms with Crippen molar-refractivity contribution in [3.63, 3.8) is 0 Å². The van der Waals surface area contributed by atoms with Gasteiger partial charge in [-0.05, 0) is 12.5 Å². The van der Waals surface area contributed by atoms with Gasteiger partial charge in [0, 0.05) is 56.3 Å². The van der Waals surface area contributed by atoms with Gasteiger partial charge in [0.25, 0.3) is 0 Å². The number of amides is 2. The first-order valence-corrected chi connectivity index (χ1v) is 7.73. The molecule has 0 saturated carbocycles. The van der Waals surface area contributed by atoms with E-state index in [0.717, 1.165) is 36.3 Å². The van der Waals surface area contributed by atoms with Crippen LogP contribution in [0.4, 0.5) is 4.79 Å². The van der Waals surface area contributed by atoms with Gasteiger partial charge in [-0.3, -0.25) is 0 Å². The molecule has 120 valence electrons. The number of hydrogen-bond donors (Lipinski definition) is 2. The second-order valence-corrected chi connectivity index (χ2v) is 5.47. The lowest BCUT2D eigenvalue weighted by Crippen LogP contribution is -2.36. The highest BCUT2D eigenvalue weighted by atomic mass is 16.5. The molecule has 0 aromatic heterocycles. The summed E-state index contributed by atoms with van der Waals surface area (Å²) in [6.45, 7) is 3.11. The zero-order valence-corrected chi connectivity index (χ0v) is 12.9. The molecular weight excluding hydrogens is 284 g/mol. The average molecular weight is 306 g/mol. The minimum Gasteiger partial charge on any atom is -0.493 e. The van der Waals surface area contributed by atoms with Gasteiger partial charge < -0.3 is 24.8 Å². The summed E-state index contributed by atoms with van der Waals surface area (Å²) in [5.74, 6) is 1.88. The average Bonchev–Trinajstić information content (AvgIpc) is 3.16. The van der Waals surface area contributed by atoms with Crippen LogP contribution in [0.15, 0.2) is 6.07 Å². The lowest BCUT2D eigenvalue weighted by Gasteiger charge is -2.14. The molecule has 0 spiro atoms. The molecule has 6 heteroatoms. The van der Waals surface area contributed by atoms with E-state index in [1.54, 1.807) is 7.11 Å². The maximum atomic E-state index is 11.8. The number of rotatable bonds is 6. The second-order valence-electron chi connectivity index (χ2n) is 5.47. The van der Waals surface area contributed by atoms with Crippen molar-refractivity contribution in [2.75, 3.05) is 33.5 Å². The van der Waals surface area contributed by atoms with Gasteiger partial charge in [0.2, 0.25) is 0 Å². The van der Waals surface area contributed by atoms with Crippen LogP contribution in [0.25, 0.3) is 0 Å². The Labute approximate surface area is 130 Å². The Bertz CT molecular complexity index is 527. The summed E-state index contributed by atoms with van der Waals surface area (Å²) >= 11 is 0. The SMILES string of the molecule is COCCCNC(=O)NCc1c2c(cc3c1OCC3)OCC2. The molecule has 2 amide bonds. The number of carbonyl (C=O) groups excluding carboxylic acids is 1. The zero-order chi connectivity index (χ0) is 15.4. The maximum Gasteiger partial charge on any atom is 0.315 e. The molecule has 6 nitrogen and oxygen atoms in total. The lowest BCUT2D eigenvalue weighted by atomic mass is 9.99. The first-order chi connectivity index (χ1) is 10.8. The van der Waals surface area contributed by atoms with E-state index in [1.807, 2.05) is 0 Å². The van der Waals surface area contributed by atoms with Crippen molar-refractivity contribution in [2.24, 2.45) is 0 Å². The largest absolute Gasteiger partial charge is 0.493 e. The fraction of sp³-hybridized carbons (Fsp3) is 0.562. The van der Waals surface area contributed by atoms with E-state index in [2.05, 4.69) is 16.7 Å². The summed E-state index contributed by atoms with van der Waals surface area (Å²) in [6.07, 6.45) is 2.58. The van der Waals surface area contributed by atoms with Crippen molar-refractivity contribution in [3.05, 3.63) is 22.8 Å². The molecule has 2 N–H and O–H groups in total. The van der Waals surface area contributed by atoms with Gasteiger partial charge in [0.1, 0.15) is 11.5 Å². The highest BCUT2D eigenvalue weighted by Crippen LogP contribution is 2.40. The summed E-state index contributed by atoms with van der Waals surface area (Å²) in [6, 6.07) is 1.92. The number of methoxy groups -OCH3 is 1. The lowest BCUT2D eigenvalue weighted by molar-refractivity contribution is 0.193. The van der Waals surface area contributed by atoms with Crippen LogP contribution in [0.5, 0.6) is 11.5 Å². The number of fused-ring (bicyclic) bond motifs is 2. The first-order valence-electron chi connectivity index (χ1n) is 7.73. The van der Waals surface area contributed by atoms with Gasteiger partial charge in [0.15, 0.2) is 0 Å². The van der Waals surface area contributed by atoms with Gasteiger partial charge >= 0.3 is 6.03 Å². The molecule has 0 atom stereocenters. The predicted molar refractivity (Wildman–Crippen MR) is 81.6 cm³/mol. The maximum absolute atomic E-state index is 11.8. The fourth-order valence-corrected chi connectivity index (χ4v) is 2.92. The van der Waals surface area contributed by atoms with E-state index in [0.29, 0.717) is 32.9 Å². The summed E-state index contributed by atoms with van der Waals surface area (Å²) in [5, 5.41) is 5.73. The third-order valence-corrected chi connectivity index (χ3v) is 4.00. The molecule has 0 radical (unpaired) electrons. The third-order valence-electron chi connectivity index (χ3n) is 4.00. The molecular formula is C16H22N2O4. The third kappa shape index (κ3) is 3.11. The van der Waals surface area contributed by atoms with Gasteiger partial charge in [-0.1, -0.05) is 0 Å². The molecule has 1 aromatic rings. The molecule has 0 saturated heterocycles. The predicted octanol–water partition coefficient (Wildman–Crippen LogP) is 1.39. The van der Waals surface area contributed by atoms with Crippen LogP contribution in [-0.4, -0.2) is 39.5 Å². The Morgan fingerprint density at radius 2 is 2.14 bits per heavy atom. The van der Waals surface area contributed by atoms with E-state index in [1.165, 1.54) is 11.1 Å². The highest BCUT2D eigenvalue weighted by Gasteiger charge is 2.26. The molecule has 3 rings (SSSR count). The molecule has 0 aliphatic carbocycles. The van der Waals surface area contributed by atoms with Crippen molar-refractivity contribution in [3.8, 4) is 11.5 Å². The van der Waals surface area contributed by atoms with Crippen LogP contribution >= 0.6 is 0 Å². The van der Waals surface area contributed by atoms with Crippen molar-refractivity contribution in [1.29, 1.82) is 0 Å². The summed E-state index contributed by atoms with van der Waals surface area (Å²) in [7, 11) is 1.65. The van der Waals surface area contributed by atoms with E-state index in [-0.39, 0.29) is 6.03 Å². The number of nitrogens with one attached hydrogen (secondary N) is 2. The Hall–Kier alpha value is -1.95. The van der Waals surface area contributed by atoms with Crippen LogP contribution < -0.4 is 20.1 Å². The Morgan fingerprint density at radius 1 is 1.27 bits per heavy atom.